The molecule has 13 nitrogen and oxygen atoms in total. The van der Waals surface area contributed by atoms with Crippen molar-refractivity contribution < 1.29 is 43.9 Å². The van der Waals surface area contributed by atoms with Crippen LogP contribution in [0.1, 0.15) is 62.0 Å². The van der Waals surface area contributed by atoms with Crippen molar-refractivity contribution in [2.24, 2.45) is 12.0 Å². The molecule has 0 radical (unpaired) electrons. The standard InChI is InChI=1S/C31H44N4O9/c1-5-9-35(19-38)22(6-2)15-32-24-13-26(42-10-7-8-29(40)33-21-12-23(17-36)34(4)16-21)27(11-20(24)3)43-30-14-25(39)31(41)28(18-37)44-30/h11-13,15-17,19,22,25,28,30-31,37,39,41H,5-10,14,18H2,1-4H3,(H,33,40)/t22-,25+,28+,30+,31+/m0/s1. The highest BCUT2D eigenvalue weighted by molar-refractivity contribution is 5.91. The summed E-state index contributed by atoms with van der Waals surface area (Å²) in [5, 5.41) is 32.6. The van der Waals surface area contributed by atoms with Gasteiger partial charge >= 0.3 is 0 Å². The minimum Gasteiger partial charge on any atom is -0.490 e. The smallest absolute Gasteiger partial charge is 0.224 e. The Labute approximate surface area is 257 Å². The van der Waals surface area contributed by atoms with E-state index < -0.39 is 31.2 Å². The molecule has 4 N–H and O–H groups in total. The minimum atomic E-state index is -1.24. The second-order valence-corrected chi connectivity index (χ2v) is 10.8. The minimum absolute atomic E-state index is 0.0291. The summed E-state index contributed by atoms with van der Waals surface area (Å²) in [6.07, 6.45) is 2.54. The first-order valence-corrected chi connectivity index (χ1v) is 14.9. The van der Waals surface area contributed by atoms with Gasteiger partial charge in [0.05, 0.1) is 42.4 Å². The number of hydrogen-bond acceptors (Lipinski definition) is 10. The van der Waals surface area contributed by atoms with Gasteiger partial charge in [-0.25, -0.2) is 0 Å². The van der Waals surface area contributed by atoms with E-state index in [-0.39, 0.29) is 31.4 Å². The first-order valence-electron chi connectivity index (χ1n) is 14.9. The van der Waals surface area contributed by atoms with Crippen LogP contribution in [0.3, 0.4) is 0 Å². The summed E-state index contributed by atoms with van der Waals surface area (Å²) in [5.74, 6) is 0.382. The Hall–Kier alpha value is -3.78. The number of nitrogens with one attached hydrogen (secondary N) is 1. The Bertz CT molecular complexity index is 1280. The number of benzene rings is 1. The molecule has 1 aromatic carbocycles. The predicted molar refractivity (Wildman–Crippen MR) is 164 cm³/mol. The topological polar surface area (TPSA) is 172 Å². The van der Waals surface area contributed by atoms with Gasteiger partial charge in [-0.15, -0.1) is 0 Å². The van der Waals surface area contributed by atoms with Crippen LogP contribution in [0.25, 0.3) is 0 Å². The lowest BCUT2D eigenvalue weighted by Crippen LogP contribution is -2.51. The Morgan fingerprint density at radius 2 is 2.02 bits per heavy atom. The fraction of sp³-hybridized carbons (Fsp3) is 0.548. The second kappa shape index (κ2) is 16.9. The van der Waals surface area contributed by atoms with Crippen LogP contribution < -0.4 is 14.8 Å². The fourth-order valence-corrected chi connectivity index (χ4v) is 4.83. The number of anilines is 1. The van der Waals surface area contributed by atoms with E-state index in [0.717, 1.165) is 18.4 Å². The van der Waals surface area contributed by atoms with Gasteiger partial charge in [-0.05, 0) is 43.9 Å². The monoisotopic (exact) mass is 616 g/mol. The van der Waals surface area contributed by atoms with Gasteiger partial charge in [-0.2, -0.15) is 0 Å². The zero-order valence-electron chi connectivity index (χ0n) is 25.7. The number of aliphatic imine (C=N–C) groups is 1. The maximum absolute atomic E-state index is 12.5. The van der Waals surface area contributed by atoms with Crippen molar-refractivity contribution in [1.82, 2.24) is 9.47 Å². The van der Waals surface area contributed by atoms with E-state index in [4.69, 9.17) is 14.2 Å². The van der Waals surface area contributed by atoms with E-state index in [1.165, 1.54) is 0 Å². The van der Waals surface area contributed by atoms with Gasteiger partial charge in [0, 0.05) is 44.9 Å². The number of ether oxygens (including phenoxy) is 3. The van der Waals surface area contributed by atoms with E-state index >= 15 is 0 Å². The molecule has 0 aliphatic carbocycles. The SMILES string of the molecule is CCCN(C=O)[C@H](C=Nc1cc(OCCCC(=O)Nc2cc(C=O)n(C)c2)c(O[C@H]2C[C@@H](O)[C@@H](O)[C@@H](CO)O2)cc1C)CC. The number of hydrogen-bond donors (Lipinski definition) is 4. The third kappa shape index (κ3) is 9.36. The summed E-state index contributed by atoms with van der Waals surface area (Å²) >= 11 is 0. The summed E-state index contributed by atoms with van der Waals surface area (Å²) in [4.78, 5) is 41.5. The second-order valence-electron chi connectivity index (χ2n) is 10.8. The first-order chi connectivity index (χ1) is 21.1. The van der Waals surface area contributed by atoms with Crippen molar-refractivity contribution in [3.63, 3.8) is 0 Å². The molecule has 13 heteroatoms. The number of aliphatic hydroxyl groups excluding tert-OH is 3. The number of aromatic nitrogens is 1. The third-order valence-corrected chi connectivity index (χ3v) is 7.34. The van der Waals surface area contributed by atoms with Gasteiger partial charge < -0.3 is 44.3 Å². The molecule has 1 aliphatic rings. The first kappa shape index (κ1) is 34.7. The Morgan fingerprint density at radius 1 is 1.25 bits per heavy atom. The lowest BCUT2D eigenvalue weighted by Gasteiger charge is -2.36. The van der Waals surface area contributed by atoms with Crippen LogP contribution in [0.5, 0.6) is 11.5 Å². The van der Waals surface area contributed by atoms with Gasteiger partial charge in [-0.3, -0.25) is 19.4 Å². The normalized spacial score (nSPS) is 20.7. The maximum Gasteiger partial charge on any atom is 0.224 e. The Balaban J connectivity index is 1.76. The summed E-state index contributed by atoms with van der Waals surface area (Å²) < 4.78 is 19.4. The van der Waals surface area contributed by atoms with Crippen molar-refractivity contribution >= 4 is 36.2 Å². The zero-order valence-corrected chi connectivity index (χ0v) is 25.7. The lowest BCUT2D eigenvalue weighted by atomic mass is 10.0. The highest BCUT2D eigenvalue weighted by atomic mass is 16.7. The zero-order chi connectivity index (χ0) is 32.2. The molecule has 2 amide bonds. The summed E-state index contributed by atoms with van der Waals surface area (Å²) in [6, 6.07) is 4.82. The molecule has 1 aromatic heterocycles. The summed E-state index contributed by atoms with van der Waals surface area (Å²) in [6.45, 7) is 6.09. The van der Waals surface area contributed by atoms with E-state index in [1.54, 1.807) is 47.1 Å². The number of carbonyl (C=O) groups excluding carboxylic acids is 3. The molecule has 2 heterocycles. The molecule has 2 aromatic rings. The van der Waals surface area contributed by atoms with Gasteiger partial charge in [0.2, 0.25) is 18.6 Å². The van der Waals surface area contributed by atoms with Gasteiger partial charge in [0.25, 0.3) is 0 Å². The number of amides is 2. The van der Waals surface area contributed by atoms with E-state index in [9.17, 15) is 29.7 Å². The van der Waals surface area contributed by atoms with Gasteiger partial charge in [-0.1, -0.05) is 13.8 Å². The van der Waals surface area contributed by atoms with Crippen molar-refractivity contribution in [2.45, 2.75) is 83.5 Å². The third-order valence-electron chi connectivity index (χ3n) is 7.34. The van der Waals surface area contributed by atoms with E-state index in [2.05, 4.69) is 10.3 Å². The van der Waals surface area contributed by atoms with Crippen LogP contribution in [0.4, 0.5) is 11.4 Å². The van der Waals surface area contributed by atoms with E-state index in [1.807, 2.05) is 20.8 Å². The van der Waals surface area contributed by atoms with Crippen LogP contribution in [-0.2, 0) is 21.4 Å². The number of aliphatic hydroxyl groups is 3. The van der Waals surface area contributed by atoms with Crippen molar-refractivity contribution in [1.29, 1.82) is 0 Å². The number of aldehydes is 1. The quantitative estimate of drug-likeness (QED) is 0.118. The van der Waals surface area contributed by atoms with Crippen LogP contribution in [0.15, 0.2) is 29.4 Å². The highest BCUT2D eigenvalue weighted by Crippen LogP contribution is 2.37. The number of rotatable bonds is 17. The number of aryl methyl sites for hydroxylation is 2. The largest absolute Gasteiger partial charge is 0.490 e. The Kier molecular flexibility index (Phi) is 13.3. The molecule has 0 spiro atoms. The molecule has 1 aliphatic heterocycles. The fourth-order valence-electron chi connectivity index (χ4n) is 4.83. The number of carbonyl (C=O) groups is 3. The van der Waals surface area contributed by atoms with Crippen molar-refractivity contribution in [3.8, 4) is 11.5 Å². The summed E-state index contributed by atoms with van der Waals surface area (Å²) in [7, 11) is 1.71. The molecule has 1 fully saturated rings. The average molecular weight is 617 g/mol. The average Bonchev–Trinajstić information content (AvgIpc) is 3.36. The maximum atomic E-state index is 12.5. The van der Waals surface area contributed by atoms with Crippen LogP contribution in [0, 0.1) is 6.92 Å². The molecule has 44 heavy (non-hydrogen) atoms. The molecule has 3 rings (SSSR count). The van der Waals surface area contributed by atoms with E-state index in [0.29, 0.717) is 54.2 Å². The lowest BCUT2D eigenvalue weighted by molar-refractivity contribution is -0.230. The van der Waals surface area contributed by atoms with Crippen molar-refractivity contribution in [3.05, 3.63) is 35.7 Å². The van der Waals surface area contributed by atoms with Crippen LogP contribution >= 0.6 is 0 Å². The number of nitrogens with zero attached hydrogens (tertiary/aromatic N) is 3. The Morgan fingerprint density at radius 3 is 2.66 bits per heavy atom. The molecule has 0 bridgehead atoms. The van der Waals surface area contributed by atoms with Crippen molar-refractivity contribution in [2.75, 3.05) is 25.1 Å². The van der Waals surface area contributed by atoms with Crippen LogP contribution in [-0.4, -0.2) is 100 Å². The molecular formula is C31H44N4O9. The molecular weight excluding hydrogens is 572 g/mol. The molecule has 5 atom stereocenters. The van der Waals surface area contributed by atoms with Crippen LogP contribution in [0.2, 0.25) is 0 Å². The van der Waals surface area contributed by atoms with Gasteiger partial charge in [0.15, 0.2) is 17.8 Å². The highest BCUT2D eigenvalue weighted by Gasteiger charge is 2.37. The van der Waals surface area contributed by atoms with Gasteiger partial charge in [0.1, 0.15) is 12.2 Å². The summed E-state index contributed by atoms with van der Waals surface area (Å²) in [5.41, 5.74) is 2.31. The predicted octanol–water partition coefficient (Wildman–Crippen LogP) is 2.50. The molecule has 1 saturated heterocycles. The molecule has 0 saturated carbocycles. The molecule has 0 unspecified atom stereocenters. The molecule has 242 valence electrons.